The minimum Gasteiger partial charge on any atom is -0.507 e. The molecule has 0 saturated carbocycles. The number of fused-ring (bicyclic) bond motifs is 1. The lowest BCUT2D eigenvalue weighted by Crippen LogP contribution is -2.06. The highest BCUT2D eigenvalue weighted by molar-refractivity contribution is 6.32. The average Bonchev–Trinajstić information content (AvgIpc) is 2.48. The van der Waals surface area contributed by atoms with E-state index < -0.39 is 11.4 Å². The lowest BCUT2D eigenvalue weighted by Gasteiger charge is -2.03. The maximum Gasteiger partial charge on any atom is 0.362 e. The lowest BCUT2D eigenvalue weighted by molar-refractivity contribution is 0.513. The number of halogens is 2. The molecule has 0 aliphatic heterocycles. The van der Waals surface area contributed by atoms with E-state index in [1.165, 1.54) is 12.1 Å². The molecule has 1 heterocycles. The summed E-state index contributed by atoms with van der Waals surface area (Å²) in [5.41, 5.74) is -0.170. The summed E-state index contributed by atoms with van der Waals surface area (Å²) in [5.74, 6) is -0.744. The van der Waals surface area contributed by atoms with Crippen LogP contribution in [0.4, 0.5) is 4.39 Å². The summed E-state index contributed by atoms with van der Waals surface area (Å²) in [5, 5.41) is 10.4. The summed E-state index contributed by atoms with van der Waals surface area (Å²) >= 11 is 5.97. The van der Waals surface area contributed by atoms with Gasteiger partial charge in [-0.25, -0.2) is 14.2 Å². The van der Waals surface area contributed by atoms with Gasteiger partial charge in [0.05, 0.1) is 5.02 Å². The van der Waals surface area contributed by atoms with Crippen molar-refractivity contribution in [1.29, 1.82) is 0 Å². The highest BCUT2D eigenvalue weighted by atomic mass is 35.5. The lowest BCUT2D eigenvalue weighted by atomic mass is 10.1. The number of aliphatic hydroxyl groups is 1. The Hall–Kier alpha value is -2.66. The minimum absolute atomic E-state index is 0.0411. The van der Waals surface area contributed by atoms with Gasteiger partial charge in [-0.3, -0.25) is 0 Å². The summed E-state index contributed by atoms with van der Waals surface area (Å²) < 4.78 is 18.1. The zero-order valence-electron chi connectivity index (χ0n) is 11.1. The van der Waals surface area contributed by atoms with Crippen molar-refractivity contribution in [3.8, 4) is 0 Å². The van der Waals surface area contributed by atoms with Crippen LogP contribution in [0.1, 0.15) is 11.3 Å². The molecule has 0 radical (unpaired) electrons. The van der Waals surface area contributed by atoms with Gasteiger partial charge in [-0.05, 0) is 24.3 Å². The van der Waals surface area contributed by atoms with E-state index >= 15 is 0 Å². The Kier molecular flexibility index (Phi) is 3.65. The van der Waals surface area contributed by atoms with Crippen molar-refractivity contribution in [1.82, 2.24) is 4.98 Å². The Morgan fingerprint density at radius 1 is 1.27 bits per heavy atom. The van der Waals surface area contributed by atoms with Gasteiger partial charge in [0.15, 0.2) is 11.3 Å². The summed E-state index contributed by atoms with van der Waals surface area (Å²) in [6.07, 6.45) is 1.16. The fraction of sp³-hybridized carbons (Fsp3) is 0. The molecule has 2 aromatic carbocycles. The number of hydrogen-bond donors (Lipinski definition) is 1. The molecule has 0 spiro atoms. The van der Waals surface area contributed by atoms with Crippen LogP contribution in [0, 0.1) is 5.82 Å². The summed E-state index contributed by atoms with van der Waals surface area (Å²) in [7, 11) is 0. The Morgan fingerprint density at radius 3 is 2.82 bits per heavy atom. The third-order valence-corrected chi connectivity index (χ3v) is 3.33. The van der Waals surface area contributed by atoms with Gasteiger partial charge < -0.3 is 9.52 Å². The first kappa shape index (κ1) is 14.3. The second-order valence-corrected chi connectivity index (χ2v) is 4.92. The van der Waals surface area contributed by atoms with Crippen LogP contribution in [-0.4, -0.2) is 10.1 Å². The van der Waals surface area contributed by atoms with Gasteiger partial charge in [-0.2, -0.15) is 0 Å². The van der Waals surface area contributed by atoms with Gasteiger partial charge >= 0.3 is 5.63 Å². The topological polar surface area (TPSA) is 63.3 Å². The third-order valence-electron chi connectivity index (χ3n) is 3.00. The maximum atomic E-state index is 13.1. The van der Waals surface area contributed by atoms with E-state index in [1.807, 2.05) is 0 Å². The van der Waals surface area contributed by atoms with Crippen molar-refractivity contribution < 1.29 is 13.9 Å². The molecule has 0 aliphatic rings. The molecule has 0 amide bonds. The molecule has 3 rings (SSSR count). The number of aromatic nitrogens is 1. The fourth-order valence-corrected chi connectivity index (χ4v) is 2.19. The van der Waals surface area contributed by atoms with Crippen LogP contribution in [0.25, 0.3) is 22.9 Å². The molecular weight excluding hydrogens is 309 g/mol. The first-order valence-corrected chi connectivity index (χ1v) is 6.68. The Balaban J connectivity index is 2.12. The number of aliphatic hydroxyl groups excluding tert-OH is 1. The zero-order chi connectivity index (χ0) is 15.7. The van der Waals surface area contributed by atoms with Crippen molar-refractivity contribution in [2.45, 2.75) is 0 Å². The van der Waals surface area contributed by atoms with Crippen LogP contribution >= 0.6 is 11.6 Å². The predicted octanol–water partition coefficient (Wildman–Crippen LogP) is 4.04. The number of hydrogen-bond acceptors (Lipinski definition) is 4. The first-order chi connectivity index (χ1) is 10.5. The average molecular weight is 318 g/mol. The summed E-state index contributed by atoms with van der Waals surface area (Å²) in [6.45, 7) is 0. The van der Waals surface area contributed by atoms with Crippen molar-refractivity contribution in [2.24, 2.45) is 0 Å². The predicted molar refractivity (Wildman–Crippen MR) is 82.2 cm³/mol. The van der Waals surface area contributed by atoms with Crippen LogP contribution in [0.15, 0.2) is 51.7 Å². The van der Waals surface area contributed by atoms with E-state index in [4.69, 9.17) is 16.0 Å². The van der Waals surface area contributed by atoms with Gasteiger partial charge in [0.25, 0.3) is 0 Å². The molecule has 1 aromatic heterocycles. The van der Waals surface area contributed by atoms with E-state index in [0.29, 0.717) is 16.1 Å². The molecule has 1 N–H and O–H groups in total. The van der Waals surface area contributed by atoms with E-state index in [-0.39, 0.29) is 17.0 Å². The van der Waals surface area contributed by atoms with E-state index in [1.54, 1.807) is 24.3 Å². The second kappa shape index (κ2) is 5.61. The molecule has 0 fully saturated rings. The molecule has 0 unspecified atom stereocenters. The smallest absolute Gasteiger partial charge is 0.362 e. The van der Waals surface area contributed by atoms with Gasteiger partial charge in [-0.1, -0.05) is 23.7 Å². The van der Waals surface area contributed by atoms with Gasteiger partial charge in [0, 0.05) is 17.7 Å². The van der Waals surface area contributed by atoms with Crippen molar-refractivity contribution >= 4 is 34.5 Å². The van der Waals surface area contributed by atoms with Crippen molar-refractivity contribution in [3.05, 3.63) is 75.0 Å². The zero-order valence-corrected chi connectivity index (χ0v) is 11.8. The minimum atomic E-state index is -0.781. The highest BCUT2D eigenvalue weighted by Gasteiger charge is 2.10. The fourth-order valence-electron chi connectivity index (χ4n) is 1.96. The summed E-state index contributed by atoms with van der Waals surface area (Å²) in [4.78, 5) is 15.9. The molecule has 0 bridgehead atoms. The SMILES string of the molecule is O=c1oc2cc(F)ccc2nc1/C=C(\O)c1ccccc1Cl. The van der Waals surface area contributed by atoms with Gasteiger partial charge in [-0.15, -0.1) is 0 Å². The van der Waals surface area contributed by atoms with Crippen LogP contribution in [0.2, 0.25) is 5.02 Å². The monoisotopic (exact) mass is 317 g/mol. The normalized spacial score (nSPS) is 11.8. The van der Waals surface area contributed by atoms with E-state index in [2.05, 4.69) is 4.98 Å². The van der Waals surface area contributed by atoms with Crippen LogP contribution in [0.3, 0.4) is 0 Å². The van der Waals surface area contributed by atoms with Gasteiger partial charge in [0.2, 0.25) is 0 Å². The van der Waals surface area contributed by atoms with Gasteiger partial charge in [0.1, 0.15) is 17.1 Å². The van der Waals surface area contributed by atoms with Crippen LogP contribution in [-0.2, 0) is 0 Å². The molecule has 22 heavy (non-hydrogen) atoms. The van der Waals surface area contributed by atoms with Crippen LogP contribution in [0.5, 0.6) is 0 Å². The quantitative estimate of drug-likeness (QED) is 0.725. The van der Waals surface area contributed by atoms with E-state index in [9.17, 15) is 14.3 Å². The maximum absolute atomic E-state index is 13.1. The molecule has 3 aromatic rings. The number of rotatable bonds is 2. The van der Waals surface area contributed by atoms with Crippen molar-refractivity contribution in [2.75, 3.05) is 0 Å². The standard InChI is InChI=1S/C16H9ClFNO3/c17-11-4-2-1-3-10(11)14(20)8-13-16(21)22-15-7-9(18)5-6-12(15)19-13/h1-8,20H/b14-8-. The highest BCUT2D eigenvalue weighted by Crippen LogP contribution is 2.23. The van der Waals surface area contributed by atoms with Crippen LogP contribution < -0.4 is 5.63 Å². The number of benzene rings is 2. The van der Waals surface area contributed by atoms with Crippen molar-refractivity contribution in [3.63, 3.8) is 0 Å². The number of nitrogens with zero attached hydrogens (tertiary/aromatic N) is 1. The summed E-state index contributed by atoms with van der Waals surface area (Å²) in [6, 6.07) is 10.3. The Morgan fingerprint density at radius 2 is 2.05 bits per heavy atom. The Bertz CT molecular complexity index is 950. The van der Waals surface area contributed by atoms with E-state index in [0.717, 1.165) is 12.1 Å². The molecular formula is C16H9ClFNO3. The molecule has 6 heteroatoms. The third kappa shape index (κ3) is 2.71. The molecule has 4 nitrogen and oxygen atoms in total. The first-order valence-electron chi connectivity index (χ1n) is 6.30. The molecule has 0 saturated heterocycles. The largest absolute Gasteiger partial charge is 0.507 e. The molecule has 110 valence electrons. The molecule has 0 aliphatic carbocycles. The molecule has 0 atom stereocenters. The second-order valence-electron chi connectivity index (χ2n) is 4.51. The Labute approximate surface area is 129 Å².